The number of allylic oxidation sites excluding steroid dienone is 1. The third-order valence-electron chi connectivity index (χ3n) is 19.4. The van der Waals surface area contributed by atoms with Crippen LogP contribution in [0.25, 0.3) is 14.5 Å². The van der Waals surface area contributed by atoms with Crippen LogP contribution < -0.4 is 41.7 Å². The van der Waals surface area contributed by atoms with Crippen LogP contribution in [-0.4, -0.2) is 296 Å². The summed E-state index contributed by atoms with van der Waals surface area (Å²) >= 11 is 7.99. The quantitative estimate of drug-likeness (QED) is 0.0212. The van der Waals surface area contributed by atoms with Crippen LogP contribution in [0.3, 0.4) is 0 Å². The van der Waals surface area contributed by atoms with E-state index in [4.69, 9.17) is 106 Å². The average Bonchev–Trinajstić information content (AvgIpc) is 1.66. The van der Waals surface area contributed by atoms with Gasteiger partial charge in [-0.1, -0.05) is 57.7 Å². The molecule has 10 heterocycles. The van der Waals surface area contributed by atoms with Gasteiger partial charge in [0.15, 0.2) is 5.82 Å². The molecule has 10 amide bonds. The highest BCUT2D eigenvalue weighted by molar-refractivity contribution is 9.10. The number of nitrogens with one attached hydrogen (secondary N) is 2. The highest BCUT2D eigenvalue weighted by Gasteiger charge is 2.46. The maximum Gasteiger partial charge on any atom is 0.415 e. The number of hydrogen-bond acceptors (Lipinski definition) is 26. The maximum atomic E-state index is 12.8. The molecular weight excluding hydrogens is 2090 g/mol. The molecule has 0 unspecified atom stereocenters. The first-order valence-electron chi connectivity index (χ1n) is 46.5. The lowest BCUT2D eigenvalue weighted by atomic mass is 10.1. The van der Waals surface area contributed by atoms with Crippen LogP contribution >= 0.6 is 52.3 Å². The van der Waals surface area contributed by atoms with E-state index in [1.807, 2.05) is 41.5 Å². The van der Waals surface area contributed by atoms with Crippen LogP contribution in [0, 0.1) is 80.2 Å². The van der Waals surface area contributed by atoms with Gasteiger partial charge < -0.3 is 79.6 Å². The van der Waals surface area contributed by atoms with Gasteiger partial charge in [-0.2, -0.15) is 25.5 Å². The molecule has 44 nitrogen and oxygen atoms in total. The van der Waals surface area contributed by atoms with Crippen LogP contribution in [0.2, 0.25) is 39.3 Å². The zero-order valence-electron chi connectivity index (χ0n) is 91.9. The van der Waals surface area contributed by atoms with Crippen molar-refractivity contribution in [3.05, 3.63) is 85.4 Å². The Morgan fingerprint density at radius 3 is 0.899 bits per heavy atom. The van der Waals surface area contributed by atoms with Crippen LogP contribution in [0.4, 0.5) is 84.5 Å². The van der Waals surface area contributed by atoms with Gasteiger partial charge in [0.1, 0.15) is 123 Å². The molecule has 816 valence electrons. The van der Waals surface area contributed by atoms with Gasteiger partial charge in [-0.15, -0.1) is 61.6 Å². The summed E-state index contributed by atoms with van der Waals surface area (Å²) in [6.07, 6.45) is 18.3. The fourth-order valence-corrected chi connectivity index (χ4v) is 13.6. The second-order valence-corrected chi connectivity index (χ2v) is 54.8. The van der Waals surface area contributed by atoms with Crippen molar-refractivity contribution in [3.63, 3.8) is 0 Å². The minimum Gasteiger partial charge on any atom is -0.444 e. The zero-order valence-corrected chi connectivity index (χ0v) is 97.9. The third-order valence-corrected chi connectivity index (χ3v) is 21.9. The number of rotatable bonds is 13. The number of ether oxygens (including phenoxy) is 8. The lowest BCUT2D eigenvalue weighted by Gasteiger charge is -2.40. The fourth-order valence-electron chi connectivity index (χ4n) is 12.7. The molecule has 5 saturated heterocycles. The van der Waals surface area contributed by atoms with Gasteiger partial charge in [-0.3, -0.25) is 48.0 Å². The van der Waals surface area contributed by atoms with E-state index < -0.39 is 127 Å². The third kappa shape index (κ3) is 39.1. The first-order chi connectivity index (χ1) is 67.1. The first kappa shape index (κ1) is 131. The largest absolute Gasteiger partial charge is 0.444 e. The predicted molar refractivity (Wildman–Crippen MR) is 584 cm³/mol. The average molecular weight is 2230 g/mol. The SMILES string of the molecule is C#C[Si](C)(C)C.C#Cc1nn(C2CN(C(=O)OC(C)(C)C)C2)c(N(C)C(=O)OC(C)(C)C)c1C(N)=O.C#Cc1nn(C2CNC2)c(NC)c1C(N)=O.C=CC(=O)Cl.Cl.Cl.[C-]#[N+]c1c(Br)nn(C2CN(C(=O)OC(C)(C)C)C2)c1N(C)C(=O)OC(C)(C)C.[C-]#[N+]c1c(C#C)nn(C2CN(C(=O)OC(C)(C)C)C2)c1N(C)C(=O)OC(C)(C)C.[C-]#[N+]c1c(C#C[Si](C)(C)C)nn(C2CN(C(=O)OC(C)(C)C)C2)c1N(C)C(=O)OC(C)(C)C. The Balaban J connectivity index is 0.000000617. The van der Waals surface area contributed by atoms with E-state index in [9.17, 15) is 52.7 Å². The van der Waals surface area contributed by atoms with Crippen molar-refractivity contribution in [1.82, 2.24) is 73.8 Å². The van der Waals surface area contributed by atoms with E-state index in [1.165, 1.54) is 55.0 Å². The van der Waals surface area contributed by atoms with Gasteiger partial charge in [0.05, 0.1) is 49.9 Å². The van der Waals surface area contributed by atoms with Crippen molar-refractivity contribution in [3.8, 4) is 60.5 Å². The lowest BCUT2D eigenvalue weighted by Crippen LogP contribution is -2.53. The summed E-state index contributed by atoms with van der Waals surface area (Å²) in [6, 6.07) is -0.746. The predicted octanol–water partition coefficient (Wildman–Crippen LogP) is 17.3. The summed E-state index contributed by atoms with van der Waals surface area (Å²) in [5.74, 6) is 10.4. The number of nitrogens with two attached hydrogens (primary N) is 2. The molecular formula is C99H145BrCl3N25O19Si2. The number of nitrogens with zero attached hydrogens (tertiary/aromatic N) is 21. The monoisotopic (exact) mass is 2230 g/mol. The molecule has 50 heteroatoms. The summed E-state index contributed by atoms with van der Waals surface area (Å²) < 4.78 is 51.4. The van der Waals surface area contributed by atoms with Gasteiger partial charge in [-0.05, 0) is 212 Å². The molecule has 0 saturated carbocycles. The molecule has 10 rings (SSSR count). The molecule has 5 fully saturated rings. The van der Waals surface area contributed by atoms with Crippen molar-refractivity contribution in [2.75, 3.05) is 126 Å². The number of primary amides is 2. The highest BCUT2D eigenvalue weighted by atomic mass is 79.9. The molecule has 0 spiro atoms. The molecule has 5 aromatic heterocycles. The molecule has 6 N–H and O–H groups in total. The minimum atomic E-state index is -1.72. The molecule has 5 aliphatic heterocycles. The Labute approximate surface area is 902 Å². The highest BCUT2D eigenvalue weighted by Crippen LogP contribution is 2.44. The van der Waals surface area contributed by atoms with Crippen LogP contribution in [0.1, 0.15) is 240 Å². The molecule has 5 aliphatic rings. The Morgan fingerprint density at radius 1 is 0.423 bits per heavy atom. The fraction of sp³-hybridized carbons (Fsp3) is 0.586. The van der Waals surface area contributed by atoms with Gasteiger partial charge in [-0.25, -0.2) is 62.3 Å². The molecule has 0 bridgehead atoms. The number of anilines is 5. The Morgan fingerprint density at radius 2 is 0.664 bits per heavy atom. The molecule has 0 aliphatic carbocycles. The second-order valence-electron chi connectivity index (χ2n) is 44.1. The molecule has 149 heavy (non-hydrogen) atoms. The Hall–Kier alpha value is -13.6. The summed E-state index contributed by atoms with van der Waals surface area (Å²) in [4.78, 5) is 154. The van der Waals surface area contributed by atoms with E-state index in [0.717, 1.165) is 24.1 Å². The van der Waals surface area contributed by atoms with Crippen LogP contribution in [0.5, 0.6) is 0 Å². The number of amides is 10. The molecule has 5 aromatic rings. The summed E-state index contributed by atoms with van der Waals surface area (Å²) in [5, 5.41) is 27.3. The van der Waals surface area contributed by atoms with Gasteiger partial charge >= 0.3 is 48.7 Å². The van der Waals surface area contributed by atoms with Crippen molar-refractivity contribution < 1.29 is 90.6 Å². The van der Waals surface area contributed by atoms with Crippen molar-refractivity contribution >= 4 is 180 Å². The Bertz CT molecular complexity index is 6080. The van der Waals surface area contributed by atoms with Crippen molar-refractivity contribution in [2.45, 2.75) is 280 Å². The van der Waals surface area contributed by atoms with Gasteiger partial charge in [0.2, 0.25) is 5.24 Å². The lowest BCUT2D eigenvalue weighted by molar-refractivity contribution is -0.107. The summed E-state index contributed by atoms with van der Waals surface area (Å²) in [7, 11) is 4.92. The van der Waals surface area contributed by atoms with E-state index >= 15 is 0 Å². The molecule has 0 radical (unpaired) electrons. The number of halogens is 4. The topological polar surface area (TPSA) is 466 Å². The number of carbonyl (C=O) groups is 11. The first-order valence-corrected chi connectivity index (χ1v) is 54.6. The smallest absolute Gasteiger partial charge is 0.415 e. The number of carbonyl (C=O) groups excluding carboxylic acids is 11. The number of aromatic nitrogens is 10. The van der Waals surface area contributed by atoms with Gasteiger partial charge in [0.25, 0.3) is 28.9 Å². The minimum absolute atomic E-state index is 0. The number of hydrogen-bond donors (Lipinski definition) is 4. The molecule has 0 aromatic carbocycles. The van der Waals surface area contributed by atoms with Crippen LogP contribution in [0.15, 0.2) is 17.3 Å². The van der Waals surface area contributed by atoms with Gasteiger partial charge in [0, 0.05) is 101 Å². The van der Waals surface area contributed by atoms with E-state index in [0.29, 0.717) is 72.7 Å². The van der Waals surface area contributed by atoms with E-state index in [2.05, 4.69) is 147 Å². The second kappa shape index (κ2) is 52.5. The van der Waals surface area contributed by atoms with E-state index in [-0.39, 0.29) is 119 Å². The van der Waals surface area contributed by atoms with Crippen molar-refractivity contribution in [2.24, 2.45) is 11.5 Å². The maximum absolute atomic E-state index is 12.8. The Kier molecular flexibility index (Phi) is 46.3. The van der Waals surface area contributed by atoms with Crippen LogP contribution in [-0.2, 0) is 42.7 Å². The summed E-state index contributed by atoms with van der Waals surface area (Å²) in [6.45, 7) is 85.5. The normalized spacial score (nSPS) is 14.0. The molecule has 0 atom stereocenters. The zero-order chi connectivity index (χ0) is 113. The standard InChI is InChI=1S/C23H35N5O4Si.C20H29N5O5.C20H27N5O4.C18H26BrN5O4.C10H13N5O.C5H10Si.C3H3ClO.2ClH/c1-22(2,3)31-20(29)26(8)19-18(24-7)17(12-13-33(9,10)11)25-28(19)16-14-27(15-16)21(30)32-23(4,5)6;1-9-13-14(15(21)26)16(23(8)17(27)29-19(2,3)4)25(22-13)12-10-24(11-12)18(28)30-20(5,6)7;1-10-14-15(21-8)16(23(9)17(26)28-19(2,3)4)25(22-14)13-11-24(12-13)18(27)29-20(5,6)7;1-17(2,3)27-15(25)22(8)14-12(20-7)13(19)21-24(14)11-9-23(10-11)16(26)28-18(4,5)6;1-3-7-8(9(11)16)10(12-2)15(14-7)6-4-13-5-6;1-5-6(2,3)4;1-2-3(4)5;;/h16H,14-15H2,1-6,8-11H3;1,12H,10-11H2,2-8H3,(H2,21,26);1,13H,11-12H2,2-7,9H3;11H,9-10H2,1-6,8H3;1,6,12-13H,4-5H2,2H3,(H2,11,16);1H,2-4H3;2H,1H2;2*1H. The van der Waals surface area contributed by atoms with E-state index in [1.54, 1.807) is 163 Å². The number of terminal acetylenes is 4. The van der Waals surface area contributed by atoms with Crippen molar-refractivity contribution in [1.29, 1.82) is 0 Å². The summed E-state index contributed by atoms with van der Waals surface area (Å²) in [5.41, 5.74) is 13.1. The number of likely N-dealkylation sites (tertiary alicyclic amines) is 4.